The van der Waals surface area contributed by atoms with Crippen LogP contribution in [0.4, 0.5) is 0 Å². The number of methoxy groups -OCH3 is 1. The van der Waals surface area contributed by atoms with E-state index in [1.54, 1.807) is 32.2 Å². The minimum Gasteiger partial charge on any atom is -0.504 e. The Bertz CT molecular complexity index is 405. The van der Waals surface area contributed by atoms with Gasteiger partial charge in [0.1, 0.15) is 0 Å². The topological polar surface area (TPSA) is 75.8 Å². The molecule has 0 bridgehead atoms. The highest BCUT2D eigenvalue weighted by Gasteiger charge is 2.14. The summed E-state index contributed by atoms with van der Waals surface area (Å²) in [6.45, 7) is 2.04. The number of benzene rings is 1. The van der Waals surface area contributed by atoms with E-state index in [-0.39, 0.29) is 11.7 Å². The maximum absolute atomic E-state index is 11.6. The van der Waals surface area contributed by atoms with Crippen LogP contribution in [0.15, 0.2) is 18.2 Å². The van der Waals surface area contributed by atoms with E-state index >= 15 is 0 Å². The van der Waals surface area contributed by atoms with Crippen molar-refractivity contribution < 1.29 is 14.6 Å². The molecule has 5 heteroatoms. The SMILES string of the molecule is COc1ccc(CN(C)C(=O)[C@H](C)N)cc1O. The smallest absolute Gasteiger partial charge is 0.239 e. The van der Waals surface area contributed by atoms with Crippen molar-refractivity contribution in [3.8, 4) is 11.5 Å². The van der Waals surface area contributed by atoms with E-state index in [1.807, 2.05) is 0 Å². The van der Waals surface area contributed by atoms with Crippen molar-refractivity contribution in [1.82, 2.24) is 4.90 Å². The monoisotopic (exact) mass is 238 g/mol. The lowest BCUT2D eigenvalue weighted by Gasteiger charge is -2.19. The van der Waals surface area contributed by atoms with Gasteiger partial charge in [0.15, 0.2) is 11.5 Å². The predicted octanol–water partition coefficient (Wildman–Crippen LogP) is 0.706. The summed E-state index contributed by atoms with van der Waals surface area (Å²) < 4.78 is 4.94. The minimum absolute atomic E-state index is 0.0617. The number of carbonyl (C=O) groups excluding carboxylic acids is 1. The quantitative estimate of drug-likeness (QED) is 0.810. The molecule has 17 heavy (non-hydrogen) atoms. The van der Waals surface area contributed by atoms with Gasteiger partial charge in [0.2, 0.25) is 5.91 Å². The fourth-order valence-electron chi connectivity index (χ4n) is 1.53. The molecule has 1 aromatic carbocycles. The number of carbonyl (C=O) groups is 1. The van der Waals surface area contributed by atoms with Crippen molar-refractivity contribution in [2.75, 3.05) is 14.2 Å². The van der Waals surface area contributed by atoms with E-state index in [2.05, 4.69) is 0 Å². The van der Waals surface area contributed by atoms with Crippen LogP contribution in [0.2, 0.25) is 0 Å². The van der Waals surface area contributed by atoms with Crippen LogP contribution in [0, 0.1) is 0 Å². The molecule has 94 valence electrons. The first-order valence-electron chi connectivity index (χ1n) is 5.32. The van der Waals surface area contributed by atoms with Crippen molar-refractivity contribution in [3.63, 3.8) is 0 Å². The Hall–Kier alpha value is -1.75. The molecule has 1 atom stereocenters. The number of rotatable bonds is 4. The Balaban J connectivity index is 2.75. The van der Waals surface area contributed by atoms with Crippen molar-refractivity contribution in [3.05, 3.63) is 23.8 Å². The Morgan fingerprint density at radius 2 is 2.24 bits per heavy atom. The Morgan fingerprint density at radius 3 is 2.71 bits per heavy atom. The van der Waals surface area contributed by atoms with E-state index < -0.39 is 6.04 Å². The van der Waals surface area contributed by atoms with Crippen LogP contribution < -0.4 is 10.5 Å². The van der Waals surface area contributed by atoms with Crippen LogP contribution in [0.3, 0.4) is 0 Å². The second-order valence-electron chi connectivity index (χ2n) is 3.99. The Labute approximate surface area is 101 Å². The standard InChI is InChI=1S/C12H18N2O3/c1-8(13)12(16)14(2)7-9-4-5-11(17-3)10(15)6-9/h4-6,8,15H,7,13H2,1-3H3/t8-/m0/s1. The van der Waals surface area contributed by atoms with Gasteiger partial charge in [0.05, 0.1) is 13.2 Å². The first-order chi connectivity index (χ1) is 7.95. The molecule has 0 radical (unpaired) electrons. The molecule has 0 aliphatic carbocycles. The normalized spacial score (nSPS) is 12.0. The van der Waals surface area contributed by atoms with Crippen LogP contribution in [-0.2, 0) is 11.3 Å². The van der Waals surface area contributed by atoms with Gasteiger partial charge in [-0.25, -0.2) is 0 Å². The third kappa shape index (κ3) is 3.35. The van der Waals surface area contributed by atoms with Crippen LogP contribution in [0.25, 0.3) is 0 Å². The molecule has 0 fully saturated rings. The average Bonchev–Trinajstić information content (AvgIpc) is 2.28. The van der Waals surface area contributed by atoms with Crippen LogP contribution in [-0.4, -0.2) is 36.1 Å². The molecule has 1 aromatic rings. The first-order valence-corrected chi connectivity index (χ1v) is 5.32. The minimum atomic E-state index is -0.521. The molecule has 0 heterocycles. The lowest BCUT2D eigenvalue weighted by molar-refractivity contribution is -0.131. The van der Waals surface area contributed by atoms with Gasteiger partial charge >= 0.3 is 0 Å². The lowest BCUT2D eigenvalue weighted by Crippen LogP contribution is -2.39. The number of hydrogen-bond donors (Lipinski definition) is 2. The summed E-state index contributed by atoms with van der Waals surface area (Å²) in [5.74, 6) is 0.335. The summed E-state index contributed by atoms with van der Waals surface area (Å²) in [7, 11) is 3.16. The largest absolute Gasteiger partial charge is 0.504 e. The van der Waals surface area contributed by atoms with Gasteiger partial charge < -0.3 is 20.5 Å². The summed E-state index contributed by atoms with van der Waals surface area (Å²) in [5, 5.41) is 9.60. The van der Waals surface area contributed by atoms with E-state index in [1.165, 1.54) is 12.0 Å². The van der Waals surface area contributed by atoms with E-state index in [4.69, 9.17) is 10.5 Å². The summed E-state index contributed by atoms with van der Waals surface area (Å²) in [4.78, 5) is 13.1. The van der Waals surface area contributed by atoms with Crippen molar-refractivity contribution in [2.45, 2.75) is 19.5 Å². The van der Waals surface area contributed by atoms with Gasteiger partial charge in [-0.2, -0.15) is 0 Å². The fourth-order valence-corrected chi connectivity index (χ4v) is 1.53. The second-order valence-corrected chi connectivity index (χ2v) is 3.99. The van der Waals surface area contributed by atoms with Gasteiger partial charge in [-0.15, -0.1) is 0 Å². The number of hydrogen-bond acceptors (Lipinski definition) is 4. The number of amides is 1. The van der Waals surface area contributed by atoms with E-state index in [0.29, 0.717) is 12.3 Å². The molecule has 0 saturated carbocycles. The molecule has 0 saturated heterocycles. The maximum Gasteiger partial charge on any atom is 0.239 e. The summed E-state index contributed by atoms with van der Waals surface area (Å²) >= 11 is 0. The maximum atomic E-state index is 11.6. The van der Waals surface area contributed by atoms with E-state index in [9.17, 15) is 9.90 Å². The molecule has 0 aliphatic heterocycles. The third-order valence-corrected chi connectivity index (χ3v) is 2.43. The van der Waals surface area contributed by atoms with Gasteiger partial charge in [-0.05, 0) is 24.6 Å². The average molecular weight is 238 g/mol. The number of phenols is 1. The van der Waals surface area contributed by atoms with Crippen LogP contribution in [0.1, 0.15) is 12.5 Å². The highest BCUT2D eigenvalue weighted by molar-refractivity contribution is 5.80. The molecule has 0 spiro atoms. The zero-order valence-corrected chi connectivity index (χ0v) is 10.3. The number of nitrogens with zero attached hydrogens (tertiary/aromatic N) is 1. The molecule has 5 nitrogen and oxygen atoms in total. The van der Waals surface area contributed by atoms with Crippen molar-refractivity contribution in [1.29, 1.82) is 0 Å². The van der Waals surface area contributed by atoms with Gasteiger partial charge in [0.25, 0.3) is 0 Å². The third-order valence-electron chi connectivity index (χ3n) is 2.43. The van der Waals surface area contributed by atoms with Crippen LogP contribution in [0.5, 0.6) is 11.5 Å². The highest BCUT2D eigenvalue weighted by atomic mass is 16.5. The van der Waals surface area contributed by atoms with E-state index in [0.717, 1.165) is 5.56 Å². The number of nitrogens with two attached hydrogens (primary N) is 1. The molecule has 0 unspecified atom stereocenters. The zero-order chi connectivity index (χ0) is 13.0. The summed E-state index contributed by atoms with van der Waals surface area (Å²) in [5.41, 5.74) is 6.32. The molecule has 3 N–H and O–H groups in total. The predicted molar refractivity (Wildman–Crippen MR) is 64.8 cm³/mol. The number of ether oxygens (including phenoxy) is 1. The molecular weight excluding hydrogens is 220 g/mol. The summed E-state index contributed by atoms with van der Waals surface area (Å²) in [6.07, 6.45) is 0. The highest BCUT2D eigenvalue weighted by Crippen LogP contribution is 2.26. The second kappa shape index (κ2) is 5.54. The van der Waals surface area contributed by atoms with Gasteiger partial charge in [0, 0.05) is 13.6 Å². The van der Waals surface area contributed by atoms with Crippen molar-refractivity contribution >= 4 is 5.91 Å². The molecular formula is C12H18N2O3. The molecule has 0 aliphatic rings. The Morgan fingerprint density at radius 1 is 1.59 bits per heavy atom. The molecule has 1 rings (SSSR count). The number of likely N-dealkylation sites (N-methyl/N-ethyl adjacent to an activating group) is 1. The number of phenolic OH excluding ortho intramolecular Hbond substituents is 1. The lowest BCUT2D eigenvalue weighted by atomic mass is 10.2. The molecule has 0 aromatic heterocycles. The zero-order valence-electron chi connectivity index (χ0n) is 10.3. The van der Waals surface area contributed by atoms with Crippen LogP contribution >= 0.6 is 0 Å². The first kappa shape index (κ1) is 13.3. The van der Waals surface area contributed by atoms with Gasteiger partial charge in [-0.3, -0.25) is 4.79 Å². The Kier molecular flexibility index (Phi) is 4.34. The number of aromatic hydroxyl groups is 1. The summed E-state index contributed by atoms with van der Waals surface area (Å²) in [6, 6.07) is 4.51. The van der Waals surface area contributed by atoms with Gasteiger partial charge in [-0.1, -0.05) is 6.07 Å². The molecule has 1 amide bonds. The van der Waals surface area contributed by atoms with Crippen molar-refractivity contribution in [2.24, 2.45) is 5.73 Å². The fraction of sp³-hybridized carbons (Fsp3) is 0.417.